The van der Waals surface area contributed by atoms with E-state index in [2.05, 4.69) is 15.8 Å². The Hall–Kier alpha value is -1.52. The number of rotatable bonds is 3. The molecule has 1 rings (SSSR count). The molecule has 1 aromatic rings. The van der Waals surface area contributed by atoms with Crippen molar-refractivity contribution in [2.75, 3.05) is 5.32 Å². The molecule has 2 N–H and O–H groups in total. The zero-order chi connectivity index (χ0) is 11.5. The molecule has 0 spiro atoms. The molecule has 84 valence electrons. The van der Waals surface area contributed by atoms with Crippen LogP contribution < -0.4 is 10.6 Å². The lowest BCUT2D eigenvalue weighted by Crippen LogP contribution is -2.45. The Labute approximate surface area is 89.2 Å². The molecule has 1 heterocycles. The maximum Gasteiger partial charge on any atom is 0.320 e. The van der Waals surface area contributed by atoms with Crippen LogP contribution in [-0.4, -0.2) is 16.7 Å². The van der Waals surface area contributed by atoms with Crippen molar-refractivity contribution in [3.63, 3.8) is 0 Å². The average molecular weight is 211 g/mol. The predicted molar refractivity (Wildman–Crippen MR) is 57.8 cm³/mol. The highest BCUT2D eigenvalue weighted by molar-refractivity contribution is 5.88. The van der Waals surface area contributed by atoms with E-state index in [0.717, 1.165) is 6.42 Å². The van der Waals surface area contributed by atoms with Gasteiger partial charge in [-0.1, -0.05) is 12.1 Å². The van der Waals surface area contributed by atoms with E-state index in [1.807, 2.05) is 20.8 Å². The van der Waals surface area contributed by atoms with Crippen molar-refractivity contribution in [2.24, 2.45) is 0 Å². The number of urea groups is 1. The summed E-state index contributed by atoms with van der Waals surface area (Å²) < 4.78 is 4.83. The van der Waals surface area contributed by atoms with Gasteiger partial charge in [0.2, 0.25) is 0 Å². The molecule has 5 heteroatoms. The Morgan fingerprint density at radius 2 is 2.27 bits per heavy atom. The number of carbonyl (C=O) groups excluding carboxylic acids is 1. The number of aryl methyl sites for hydroxylation is 1. The molecule has 0 atom stereocenters. The summed E-state index contributed by atoms with van der Waals surface area (Å²) in [5, 5.41) is 9.09. The lowest BCUT2D eigenvalue weighted by molar-refractivity contribution is 0.240. The molecule has 0 radical (unpaired) electrons. The van der Waals surface area contributed by atoms with Crippen LogP contribution >= 0.6 is 0 Å². The fraction of sp³-hybridized carbons (Fsp3) is 0.600. The molecule has 15 heavy (non-hydrogen) atoms. The molecule has 0 bridgehead atoms. The van der Waals surface area contributed by atoms with Crippen LogP contribution in [0.2, 0.25) is 0 Å². The van der Waals surface area contributed by atoms with Gasteiger partial charge in [0.05, 0.1) is 0 Å². The van der Waals surface area contributed by atoms with Crippen LogP contribution in [0, 0.1) is 6.92 Å². The van der Waals surface area contributed by atoms with Crippen molar-refractivity contribution in [2.45, 2.75) is 39.7 Å². The van der Waals surface area contributed by atoms with Crippen LogP contribution in [0.4, 0.5) is 10.6 Å². The van der Waals surface area contributed by atoms with Crippen LogP contribution in [0.15, 0.2) is 10.6 Å². The number of hydrogen-bond acceptors (Lipinski definition) is 3. The topological polar surface area (TPSA) is 67.2 Å². The lowest BCUT2D eigenvalue weighted by atomic mass is 10.0. The highest BCUT2D eigenvalue weighted by Gasteiger charge is 2.18. The monoisotopic (exact) mass is 211 g/mol. The minimum atomic E-state index is -0.268. The summed E-state index contributed by atoms with van der Waals surface area (Å²) in [5.41, 5.74) is -0.219. The predicted octanol–water partition coefficient (Wildman–Crippen LogP) is 2.29. The average Bonchev–Trinajstić information content (AvgIpc) is 2.50. The van der Waals surface area contributed by atoms with Gasteiger partial charge >= 0.3 is 6.03 Å². The Kier molecular flexibility index (Phi) is 3.34. The third kappa shape index (κ3) is 3.61. The quantitative estimate of drug-likeness (QED) is 0.806. The number of nitrogens with one attached hydrogen (secondary N) is 2. The fourth-order valence-corrected chi connectivity index (χ4v) is 0.969. The summed E-state index contributed by atoms with van der Waals surface area (Å²) in [4.78, 5) is 11.5. The smallest absolute Gasteiger partial charge is 0.320 e. The summed E-state index contributed by atoms with van der Waals surface area (Å²) in [6, 6.07) is 1.40. The molecule has 0 saturated heterocycles. The maximum atomic E-state index is 11.5. The van der Waals surface area contributed by atoms with Crippen LogP contribution in [0.1, 0.15) is 33.0 Å². The molecule has 2 amide bonds. The van der Waals surface area contributed by atoms with E-state index in [9.17, 15) is 4.79 Å². The van der Waals surface area contributed by atoms with Crippen LogP contribution in [-0.2, 0) is 0 Å². The van der Waals surface area contributed by atoms with E-state index in [-0.39, 0.29) is 11.6 Å². The van der Waals surface area contributed by atoms with Gasteiger partial charge in [0.1, 0.15) is 5.76 Å². The van der Waals surface area contributed by atoms with Crippen LogP contribution in [0.5, 0.6) is 0 Å². The first kappa shape index (κ1) is 11.6. The molecule has 0 saturated carbocycles. The molecule has 0 unspecified atom stereocenters. The second-order valence-corrected chi connectivity index (χ2v) is 4.14. The number of nitrogens with zero attached hydrogens (tertiary/aromatic N) is 1. The van der Waals surface area contributed by atoms with Gasteiger partial charge in [0, 0.05) is 11.6 Å². The summed E-state index contributed by atoms with van der Waals surface area (Å²) in [5.74, 6) is 1.09. The van der Waals surface area contributed by atoms with E-state index < -0.39 is 0 Å². The van der Waals surface area contributed by atoms with Gasteiger partial charge in [0.15, 0.2) is 5.82 Å². The SMILES string of the molecule is CCC(C)(C)NC(=O)Nc1cc(C)on1. The van der Waals surface area contributed by atoms with Gasteiger partial charge in [-0.2, -0.15) is 0 Å². The first-order valence-electron chi connectivity index (χ1n) is 4.95. The van der Waals surface area contributed by atoms with Gasteiger partial charge in [0.25, 0.3) is 0 Å². The molecule has 5 nitrogen and oxygen atoms in total. The van der Waals surface area contributed by atoms with Gasteiger partial charge in [-0.3, -0.25) is 5.32 Å². The third-order valence-corrected chi connectivity index (χ3v) is 2.21. The third-order valence-electron chi connectivity index (χ3n) is 2.21. The number of anilines is 1. The Bertz CT molecular complexity index is 344. The summed E-state index contributed by atoms with van der Waals surface area (Å²) in [6.45, 7) is 7.70. The largest absolute Gasteiger partial charge is 0.360 e. The summed E-state index contributed by atoms with van der Waals surface area (Å²) in [7, 11) is 0. The standard InChI is InChI=1S/C10H17N3O2/c1-5-10(3,4)12-9(14)11-8-6-7(2)15-13-8/h6H,5H2,1-4H3,(H2,11,12,13,14). The molecular weight excluding hydrogens is 194 g/mol. The van der Waals surface area contributed by atoms with Gasteiger partial charge in [-0.25, -0.2) is 4.79 Å². The van der Waals surface area contributed by atoms with Crippen molar-refractivity contribution < 1.29 is 9.32 Å². The van der Waals surface area contributed by atoms with Crippen molar-refractivity contribution in [3.05, 3.63) is 11.8 Å². The van der Waals surface area contributed by atoms with Crippen molar-refractivity contribution >= 4 is 11.8 Å². The van der Waals surface area contributed by atoms with Gasteiger partial charge < -0.3 is 9.84 Å². The Balaban J connectivity index is 2.50. The summed E-state index contributed by atoms with van der Waals surface area (Å²) >= 11 is 0. The van der Waals surface area contributed by atoms with Crippen LogP contribution in [0.25, 0.3) is 0 Å². The second kappa shape index (κ2) is 4.33. The highest BCUT2D eigenvalue weighted by atomic mass is 16.5. The Morgan fingerprint density at radius 3 is 2.73 bits per heavy atom. The minimum absolute atomic E-state index is 0.219. The van der Waals surface area contributed by atoms with Crippen molar-refractivity contribution in [1.29, 1.82) is 0 Å². The van der Waals surface area contributed by atoms with E-state index >= 15 is 0 Å². The molecule has 0 aliphatic carbocycles. The van der Waals surface area contributed by atoms with Gasteiger partial charge in [-0.15, -0.1) is 0 Å². The van der Waals surface area contributed by atoms with Crippen molar-refractivity contribution in [3.8, 4) is 0 Å². The van der Waals surface area contributed by atoms with E-state index in [1.165, 1.54) is 0 Å². The molecule has 0 aliphatic heterocycles. The van der Waals surface area contributed by atoms with E-state index in [4.69, 9.17) is 4.52 Å². The maximum absolute atomic E-state index is 11.5. The van der Waals surface area contributed by atoms with E-state index in [1.54, 1.807) is 13.0 Å². The molecule has 0 fully saturated rings. The first-order chi connectivity index (χ1) is 6.93. The fourth-order valence-electron chi connectivity index (χ4n) is 0.969. The summed E-state index contributed by atoms with van der Waals surface area (Å²) in [6.07, 6.45) is 0.859. The lowest BCUT2D eigenvalue weighted by Gasteiger charge is -2.24. The van der Waals surface area contributed by atoms with E-state index in [0.29, 0.717) is 11.6 Å². The second-order valence-electron chi connectivity index (χ2n) is 4.14. The first-order valence-corrected chi connectivity index (χ1v) is 4.95. The molecule has 1 aromatic heterocycles. The minimum Gasteiger partial charge on any atom is -0.360 e. The molecule has 0 aliphatic rings. The highest BCUT2D eigenvalue weighted by Crippen LogP contribution is 2.09. The molecule has 0 aromatic carbocycles. The van der Waals surface area contributed by atoms with Gasteiger partial charge in [-0.05, 0) is 27.2 Å². The molecular formula is C10H17N3O2. The number of hydrogen-bond donors (Lipinski definition) is 2. The van der Waals surface area contributed by atoms with Crippen molar-refractivity contribution in [1.82, 2.24) is 10.5 Å². The number of amides is 2. The number of carbonyl (C=O) groups is 1. The number of aromatic nitrogens is 1. The van der Waals surface area contributed by atoms with Crippen LogP contribution in [0.3, 0.4) is 0 Å². The Morgan fingerprint density at radius 1 is 1.60 bits per heavy atom. The normalized spacial score (nSPS) is 11.2. The zero-order valence-corrected chi connectivity index (χ0v) is 9.55. The zero-order valence-electron chi connectivity index (χ0n) is 9.55.